The summed E-state index contributed by atoms with van der Waals surface area (Å²) >= 11 is 0. The second kappa shape index (κ2) is 19.9. The zero-order valence-corrected chi connectivity index (χ0v) is 23.5. The first-order valence-corrected chi connectivity index (χ1v) is 15.1. The maximum atomic E-state index is 12.7. The number of esters is 2. The number of ether oxygens (including phenoxy) is 2. The van der Waals surface area contributed by atoms with Gasteiger partial charge in [-0.1, -0.05) is 90.9 Å². The van der Waals surface area contributed by atoms with Gasteiger partial charge in [0.1, 0.15) is 11.2 Å². The third kappa shape index (κ3) is 14.0. The Balaban J connectivity index is 2.63. The molecule has 0 saturated carbocycles. The molecule has 0 aromatic rings. The first-order chi connectivity index (χ1) is 17.4. The highest BCUT2D eigenvalue weighted by Gasteiger charge is 2.37. The van der Waals surface area contributed by atoms with Crippen molar-refractivity contribution in [1.29, 1.82) is 0 Å². The van der Waals surface area contributed by atoms with Crippen molar-refractivity contribution in [1.82, 2.24) is 0 Å². The summed E-state index contributed by atoms with van der Waals surface area (Å²) in [4.78, 5) is 25.5. The minimum atomic E-state index is -0.911. The first kappa shape index (κ1) is 32.9. The van der Waals surface area contributed by atoms with Crippen LogP contribution in [0, 0.1) is 0 Å². The van der Waals surface area contributed by atoms with E-state index in [1.54, 1.807) is 0 Å². The molecule has 1 heterocycles. The van der Waals surface area contributed by atoms with Gasteiger partial charge in [0, 0.05) is 12.8 Å². The van der Waals surface area contributed by atoms with Crippen LogP contribution in [0.5, 0.6) is 0 Å². The molecule has 6 heteroatoms. The van der Waals surface area contributed by atoms with Crippen LogP contribution in [0.4, 0.5) is 0 Å². The van der Waals surface area contributed by atoms with Crippen molar-refractivity contribution >= 4 is 11.9 Å². The molecule has 0 radical (unpaired) electrons. The van der Waals surface area contributed by atoms with E-state index in [0.717, 1.165) is 38.5 Å². The predicted molar refractivity (Wildman–Crippen MR) is 145 cm³/mol. The Morgan fingerprint density at radius 1 is 0.583 bits per heavy atom. The zero-order valence-electron chi connectivity index (χ0n) is 23.5. The lowest BCUT2D eigenvalue weighted by molar-refractivity contribution is -0.173. The Bertz CT molecular complexity index is 530. The summed E-state index contributed by atoms with van der Waals surface area (Å²) in [5.74, 6) is -0.608. The molecule has 0 aromatic heterocycles. The van der Waals surface area contributed by atoms with Crippen LogP contribution in [0.2, 0.25) is 0 Å². The first-order valence-electron chi connectivity index (χ1n) is 15.1. The van der Waals surface area contributed by atoms with Gasteiger partial charge in [-0.2, -0.15) is 0 Å². The Morgan fingerprint density at radius 2 is 0.917 bits per heavy atom. The van der Waals surface area contributed by atoms with Crippen LogP contribution in [0.1, 0.15) is 155 Å². The molecule has 1 aliphatic rings. The predicted octanol–water partition coefficient (Wildman–Crippen LogP) is 7.17. The Morgan fingerprint density at radius 3 is 1.25 bits per heavy atom. The quantitative estimate of drug-likeness (QED) is 0.149. The Labute approximate surface area is 220 Å². The van der Waals surface area contributed by atoms with Crippen molar-refractivity contribution in [2.24, 2.45) is 0 Å². The van der Waals surface area contributed by atoms with Crippen LogP contribution in [0.15, 0.2) is 0 Å². The van der Waals surface area contributed by atoms with Crippen LogP contribution in [-0.4, -0.2) is 46.6 Å². The van der Waals surface area contributed by atoms with Crippen molar-refractivity contribution in [2.75, 3.05) is 13.2 Å². The second-order valence-electron chi connectivity index (χ2n) is 11.1. The van der Waals surface area contributed by atoms with Crippen LogP contribution < -0.4 is 0 Å². The maximum absolute atomic E-state index is 12.7. The lowest BCUT2D eigenvalue weighted by Gasteiger charge is -2.35. The largest absolute Gasteiger partial charge is 0.457 e. The number of hydrogen-bond acceptors (Lipinski definition) is 6. The molecule has 212 valence electrons. The van der Waals surface area contributed by atoms with Gasteiger partial charge in [0.2, 0.25) is 0 Å². The third-order valence-corrected chi connectivity index (χ3v) is 7.74. The van der Waals surface area contributed by atoms with Gasteiger partial charge in [-0.3, -0.25) is 9.59 Å². The number of aliphatic hydroxyl groups is 2. The molecule has 1 aliphatic heterocycles. The van der Waals surface area contributed by atoms with Crippen LogP contribution in [0.25, 0.3) is 0 Å². The number of cyclic esters (lactones) is 2. The molecule has 0 amide bonds. The van der Waals surface area contributed by atoms with Crippen molar-refractivity contribution in [2.45, 2.75) is 166 Å². The number of aliphatic hydroxyl groups excluding tert-OH is 2. The molecule has 6 nitrogen and oxygen atoms in total. The third-order valence-electron chi connectivity index (χ3n) is 7.74. The number of rotatable bonds is 18. The summed E-state index contributed by atoms with van der Waals surface area (Å²) in [6.45, 7) is 3.98. The maximum Gasteiger partial charge on any atom is 0.306 e. The van der Waals surface area contributed by atoms with Gasteiger partial charge in [0.15, 0.2) is 0 Å². The zero-order chi connectivity index (χ0) is 26.5. The van der Waals surface area contributed by atoms with Gasteiger partial charge in [-0.25, -0.2) is 0 Å². The molecule has 0 aromatic carbocycles. The topological polar surface area (TPSA) is 93.1 Å². The minimum absolute atomic E-state index is 0.203. The molecule has 0 bridgehead atoms. The smallest absolute Gasteiger partial charge is 0.306 e. The molecule has 0 aliphatic carbocycles. The monoisotopic (exact) mass is 512 g/mol. The van der Waals surface area contributed by atoms with Crippen molar-refractivity contribution in [3.05, 3.63) is 0 Å². The molecule has 0 spiro atoms. The summed E-state index contributed by atoms with van der Waals surface area (Å²) < 4.78 is 11.8. The molecular formula is C30H56O6. The lowest BCUT2D eigenvalue weighted by Crippen LogP contribution is -2.42. The van der Waals surface area contributed by atoms with Gasteiger partial charge in [-0.05, 0) is 51.4 Å². The summed E-state index contributed by atoms with van der Waals surface area (Å²) in [6.07, 6.45) is 19.7. The van der Waals surface area contributed by atoms with E-state index in [9.17, 15) is 19.8 Å². The summed E-state index contributed by atoms with van der Waals surface area (Å²) in [6, 6.07) is 0. The summed E-state index contributed by atoms with van der Waals surface area (Å²) in [5, 5.41) is 20.4. The van der Waals surface area contributed by atoms with Gasteiger partial charge in [-0.15, -0.1) is 0 Å². The van der Waals surface area contributed by atoms with Crippen molar-refractivity contribution in [3.63, 3.8) is 0 Å². The number of unbranched alkanes of at least 4 members (excludes halogenated alkanes) is 12. The van der Waals surface area contributed by atoms with Crippen LogP contribution in [-0.2, 0) is 19.1 Å². The van der Waals surface area contributed by atoms with Crippen LogP contribution in [0.3, 0.4) is 0 Å². The molecule has 2 atom stereocenters. The second-order valence-corrected chi connectivity index (χ2v) is 11.1. The fourth-order valence-electron chi connectivity index (χ4n) is 5.34. The fourth-order valence-corrected chi connectivity index (χ4v) is 5.34. The number of carbonyl (C=O) groups is 2. The van der Waals surface area contributed by atoms with Gasteiger partial charge in [0.05, 0.1) is 13.2 Å². The standard InChI is InChI=1S/C30H56O6/c1-3-5-7-9-11-13-15-21-29(25-31)23-17-19-28(34)36-30(26-32,24-18-20-27(33)35-29)22-16-14-12-10-8-6-4-2/h31-32H,3-26H2,1-2H3/t29-,30-/m1/s1. The number of carbonyl (C=O) groups excluding carboxylic acids is 2. The molecule has 36 heavy (non-hydrogen) atoms. The van der Waals surface area contributed by atoms with E-state index in [-0.39, 0.29) is 38.0 Å². The molecule has 1 saturated heterocycles. The summed E-state index contributed by atoms with van der Waals surface area (Å²) in [7, 11) is 0. The van der Waals surface area contributed by atoms with E-state index in [4.69, 9.17) is 9.47 Å². The Hall–Kier alpha value is -1.14. The van der Waals surface area contributed by atoms with Crippen LogP contribution >= 0.6 is 0 Å². The lowest BCUT2D eigenvalue weighted by atomic mass is 9.88. The van der Waals surface area contributed by atoms with Gasteiger partial charge in [0.25, 0.3) is 0 Å². The normalized spacial score (nSPS) is 24.0. The van der Waals surface area contributed by atoms with E-state index in [1.807, 2.05) is 0 Å². The molecular weight excluding hydrogens is 456 g/mol. The van der Waals surface area contributed by atoms with E-state index in [1.165, 1.54) is 51.4 Å². The van der Waals surface area contributed by atoms with E-state index >= 15 is 0 Å². The Kier molecular flexibility index (Phi) is 18.2. The molecule has 1 fully saturated rings. The van der Waals surface area contributed by atoms with Crippen molar-refractivity contribution < 1.29 is 29.3 Å². The highest BCUT2D eigenvalue weighted by molar-refractivity contribution is 5.71. The molecule has 1 rings (SSSR count). The summed E-state index contributed by atoms with van der Waals surface area (Å²) in [5.41, 5.74) is -1.82. The van der Waals surface area contributed by atoms with Gasteiger partial charge < -0.3 is 19.7 Å². The van der Waals surface area contributed by atoms with Crippen molar-refractivity contribution in [3.8, 4) is 0 Å². The SMILES string of the molecule is CCCCCCCCC[C@]1(CO)CCCC(=O)O[C@](CO)(CCCCCCCCC)CCCC(=O)O1. The van der Waals surface area contributed by atoms with E-state index in [2.05, 4.69) is 13.8 Å². The average Bonchev–Trinajstić information content (AvgIpc) is 2.86. The van der Waals surface area contributed by atoms with E-state index in [0.29, 0.717) is 38.5 Å². The average molecular weight is 513 g/mol. The highest BCUT2D eigenvalue weighted by Crippen LogP contribution is 2.31. The fraction of sp³-hybridized carbons (Fsp3) is 0.933. The van der Waals surface area contributed by atoms with Gasteiger partial charge >= 0.3 is 11.9 Å². The number of hydrogen-bond donors (Lipinski definition) is 2. The molecule has 0 unspecified atom stereocenters. The minimum Gasteiger partial charge on any atom is -0.457 e. The molecule has 2 N–H and O–H groups in total. The van der Waals surface area contributed by atoms with E-state index < -0.39 is 11.2 Å². The highest BCUT2D eigenvalue weighted by atomic mass is 16.6.